The van der Waals surface area contributed by atoms with Gasteiger partial charge in [-0.2, -0.15) is 13.2 Å². The SMILES string of the molecule is Cc1cc(C(F)(C(F)F)C(F)(F)F)ccc1NC(=O)c1cccc(Cl)c1C(=O)N[C@@H](C)CS(C)(=O)=O. The zero-order chi connectivity index (χ0) is 27.6. The number of rotatable bonds is 8. The van der Waals surface area contributed by atoms with Crippen LogP contribution in [0, 0.1) is 6.92 Å². The smallest absolute Gasteiger partial charge is 0.348 e. The number of carbonyl (C=O) groups excluding carboxylic acids is 2. The zero-order valence-corrected chi connectivity index (χ0v) is 20.6. The third kappa shape index (κ3) is 6.49. The molecule has 2 N–H and O–H groups in total. The summed E-state index contributed by atoms with van der Waals surface area (Å²) in [6.07, 6.45) is -9.31. The van der Waals surface area contributed by atoms with Crippen molar-refractivity contribution < 1.29 is 44.3 Å². The van der Waals surface area contributed by atoms with Crippen LogP contribution >= 0.6 is 11.6 Å². The van der Waals surface area contributed by atoms with Crippen molar-refractivity contribution in [2.75, 3.05) is 17.3 Å². The van der Waals surface area contributed by atoms with Gasteiger partial charge in [0.1, 0.15) is 9.84 Å². The summed E-state index contributed by atoms with van der Waals surface area (Å²) < 4.78 is 102. The van der Waals surface area contributed by atoms with Gasteiger partial charge in [0.25, 0.3) is 23.9 Å². The maximum Gasteiger partial charge on any atom is 0.432 e. The van der Waals surface area contributed by atoms with Gasteiger partial charge in [-0.25, -0.2) is 21.6 Å². The highest BCUT2D eigenvalue weighted by atomic mass is 35.5. The lowest BCUT2D eigenvalue weighted by molar-refractivity contribution is -0.274. The Kier molecular flexibility index (Phi) is 8.72. The maximum absolute atomic E-state index is 14.3. The fourth-order valence-corrected chi connectivity index (χ4v) is 4.62. The molecule has 36 heavy (non-hydrogen) atoms. The molecule has 1 unspecified atom stereocenters. The number of sulfone groups is 1. The van der Waals surface area contributed by atoms with Crippen molar-refractivity contribution in [3.05, 3.63) is 63.7 Å². The Balaban J connectivity index is 2.37. The molecular weight excluding hydrogens is 538 g/mol. The van der Waals surface area contributed by atoms with E-state index in [0.29, 0.717) is 12.1 Å². The second-order valence-corrected chi connectivity index (χ2v) is 10.7. The minimum Gasteiger partial charge on any atom is -0.348 e. The topological polar surface area (TPSA) is 92.3 Å². The van der Waals surface area contributed by atoms with E-state index in [1.807, 2.05) is 0 Å². The van der Waals surface area contributed by atoms with Crippen LogP contribution in [0.25, 0.3) is 0 Å². The molecule has 2 aromatic carbocycles. The van der Waals surface area contributed by atoms with Crippen molar-refractivity contribution in [3.8, 4) is 0 Å². The predicted molar refractivity (Wildman–Crippen MR) is 122 cm³/mol. The Morgan fingerprint density at radius 2 is 1.67 bits per heavy atom. The lowest BCUT2D eigenvalue weighted by Crippen LogP contribution is -2.44. The molecule has 0 heterocycles. The van der Waals surface area contributed by atoms with E-state index in [1.54, 1.807) is 0 Å². The summed E-state index contributed by atoms with van der Waals surface area (Å²) in [5, 5.41) is 4.58. The monoisotopic (exact) mass is 558 g/mol. The minimum atomic E-state index is -5.89. The lowest BCUT2D eigenvalue weighted by Gasteiger charge is -2.28. The predicted octanol–water partition coefficient (Wildman–Crippen LogP) is 5.06. The van der Waals surface area contributed by atoms with E-state index >= 15 is 0 Å². The molecule has 2 rings (SSSR count). The summed E-state index contributed by atoms with van der Waals surface area (Å²) in [4.78, 5) is 25.6. The summed E-state index contributed by atoms with van der Waals surface area (Å²) in [6, 6.07) is 4.86. The first-order valence-electron chi connectivity index (χ1n) is 10.1. The fourth-order valence-electron chi connectivity index (χ4n) is 3.37. The van der Waals surface area contributed by atoms with Gasteiger partial charge in [0.05, 0.1) is 21.9 Å². The molecule has 0 aliphatic rings. The van der Waals surface area contributed by atoms with Gasteiger partial charge in [-0.3, -0.25) is 9.59 Å². The van der Waals surface area contributed by atoms with E-state index in [2.05, 4.69) is 10.6 Å². The number of nitrogens with one attached hydrogen (secondary N) is 2. The highest BCUT2D eigenvalue weighted by Gasteiger charge is 2.64. The third-order valence-corrected chi connectivity index (χ3v) is 6.44. The molecule has 0 radical (unpaired) electrons. The molecule has 6 nitrogen and oxygen atoms in total. The van der Waals surface area contributed by atoms with Gasteiger partial charge in [-0.15, -0.1) is 0 Å². The van der Waals surface area contributed by atoms with Crippen molar-refractivity contribution >= 4 is 38.9 Å². The van der Waals surface area contributed by atoms with Gasteiger partial charge in [0.15, 0.2) is 0 Å². The highest BCUT2D eigenvalue weighted by Crippen LogP contribution is 2.47. The minimum absolute atomic E-state index is 0.140. The van der Waals surface area contributed by atoms with Crippen LogP contribution in [0.2, 0.25) is 5.02 Å². The number of amides is 2. The molecule has 0 saturated carbocycles. The van der Waals surface area contributed by atoms with Crippen molar-refractivity contribution in [1.82, 2.24) is 5.32 Å². The summed E-state index contributed by atoms with van der Waals surface area (Å²) in [6.45, 7) is 2.59. The van der Waals surface area contributed by atoms with E-state index in [0.717, 1.165) is 12.3 Å². The molecule has 0 fully saturated rings. The maximum atomic E-state index is 14.3. The molecule has 2 aromatic rings. The second-order valence-electron chi connectivity index (χ2n) is 8.12. The van der Waals surface area contributed by atoms with Crippen molar-refractivity contribution in [2.45, 2.75) is 38.2 Å². The van der Waals surface area contributed by atoms with Crippen LogP contribution in [0.15, 0.2) is 36.4 Å². The van der Waals surface area contributed by atoms with Crippen LogP contribution in [0.4, 0.5) is 32.0 Å². The Morgan fingerprint density at radius 1 is 1.06 bits per heavy atom. The quantitative estimate of drug-likeness (QED) is 0.443. The standard InChI is InChI=1S/C22H21ClF6N2O4S/c1-11-9-13(21(26,20(24)25)22(27,28)29)7-8-16(11)31-18(32)14-5-4-6-15(23)17(14)19(33)30-12(2)10-36(3,34)35/h4-9,12,20H,10H2,1-3H3,(H,30,33)(H,31,32)/t12-,21?/m0/s1. The lowest BCUT2D eigenvalue weighted by atomic mass is 9.93. The molecule has 0 saturated heterocycles. The van der Waals surface area contributed by atoms with Crippen molar-refractivity contribution in [2.24, 2.45) is 0 Å². The van der Waals surface area contributed by atoms with Crippen LogP contribution in [0.1, 0.15) is 38.8 Å². The normalized spacial score (nSPS) is 14.8. The number of aryl methyl sites for hydroxylation is 1. The third-order valence-electron chi connectivity index (χ3n) is 5.02. The number of hydrogen-bond acceptors (Lipinski definition) is 4. The first-order chi connectivity index (χ1) is 16.4. The molecule has 2 amide bonds. The fraction of sp³-hybridized carbons (Fsp3) is 0.364. The first kappa shape index (κ1) is 29.4. The molecule has 0 spiro atoms. The molecule has 14 heteroatoms. The first-order valence-corrected chi connectivity index (χ1v) is 12.6. The number of carbonyl (C=O) groups is 2. The zero-order valence-electron chi connectivity index (χ0n) is 19.0. The molecule has 0 aliphatic heterocycles. The van der Waals surface area contributed by atoms with Crippen LogP contribution < -0.4 is 10.6 Å². The summed E-state index contributed by atoms with van der Waals surface area (Å²) in [5.41, 5.74) is -7.13. The van der Waals surface area contributed by atoms with E-state index in [1.165, 1.54) is 32.0 Å². The van der Waals surface area contributed by atoms with Gasteiger partial charge in [0.2, 0.25) is 0 Å². The van der Waals surface area contributed by atoms with Gasteiger partial charge in [-0.1, -0.05) is 29.8 Å². The van der Waals surface area contributed by atoms with Crippen molar-refractivity contribution in [3.63, 3.8) is 0 Å². The number of benzene rings is 2. The molecule has 0 aromatic heterocycles. The van der Waals surface area contributed by atoms with Gasteiger partial charge in [-0.05, 0) is 37.6 Å². The summed E-state index contributed by atoms with van der Waals surface area (Å²) in [7, 11) is -3.43. The van der Waals surface area contributed by atoms with Gasteiger partial charge >= 0.3 is 6.18 Å². The molecule has 2 atom stereocenters. The Labute approximate surface area is 207 Å². The van der Waals surface area contributed by atoms with Crippen LogP contribution in [0.5, 0.6) is 0 Å². The number of hydrogen-bond donors (Lipinski definition) is 2. The van der Waals surface area contributed by atoms with E-state index < -0.39 is 51.5 Å². The number of anilines is 1. The number of alkyl halides is 6. The summed E-state index contributed by atoms with van der Waals surface area (Å²) >= 11 is 6.08. The Morgan fingerprint density at radius 3 is 2.17 bits per heavy atom. The largest absolute Gasteiger partial charge is 0.432 e. The average Bonchev–Trinajstić information content (AvgIpc) is 2.71. The summed E-state index contributed by atoms with van der Waals surface area (Å²) in [5.74, 6) is -2.19. The Bertz CT molecular complexity index is 1270. The average molecular weight is 559 g/mol. The van der Waals surface area contributed by atoms with Crippen LogP contribution in [-0.4, -0.2) is 50.9 Å². The van der Waals surface area contributed by atoms with Crippen molar-refractivity contribution in [1.29, 1.82) is 0 Å². The number of halogens is 7. The molecule has 0 aliphatic carbocycles. The van der Waals surface area contributed by atoms with Crippen LogP contribution in [-0.2, 0) is 15.5 Å². The second kappa shape index (κ2) is 10.7. The van der Waals surface area contributed by atoms with E-state index in [-0.39, 0.29) is 33.2 Å². The van der Waals surface area contributed by atoms with Gasteiger partial charge < -0.3 is 10.6 Å². The van der Waals surface area contributed by atoms with E-state index in [4.69, 9.17) is 11.6 Å². The highest BCUT2D eigenvalue weighted by molar-refractivity contribution is 7.90. The molecular formula is C22H21ClF6N2O4S. The Hall–Kier alpha value is -2.80. The van der Waals surface area contributed by atoms with E-state index in [9.17, 15) is 44.3 Å². The van der Waals surface area contributed by atoms with Gasteiger partial charge in [0, 0.05) is 23.5 Å². The molecule has 0 bridgehead atoms. The van der Waals surface area contributed by atoms with Crippen LogP contribution in [0.3, 0.4) is 0 Å². The molecule has 198 valence electrons.